The van der Waals surface area contributed by atoms with Crippen molar-refractivity contribution >= 4 is 31.9 Å². The number of halogens is 4. The van der Waals surface area contributed by atoms with Crippen LogP contribution in [0.5, 0.6) is 0 Å². The normalized spacial score (nSPS) is 12.5. The summed E-state index contributed by atoms with van der Waals surface area (Å²) in [6.07, 6.45) is -1.08. The van der Waals surface area contributed by atoms with E-state index in [9.17, 15) is 13.9 Å². The fourth-order valence-corrected chi connectivity index (χ4v) is 2.78. The smallest absolute Gasteiger partial charge is 0.143 e. The Labute approximate surface area is 132 Å². The summed E-state index contributed by atoms with van der Waals surface area (Å²) in [6.45, 7) is 1.85. The first-order valence-electron chi connectivity index (χ1n) is 5.96. The summed E-state index contributed by atoms with van der Waals surface area (Å²) in [6, 6.07) is 7.95. The van der Waals surface area contributed by atoms with Gasteiger partial charge in [0.1, 0.15) is 11.6 Å². The molecule has 20 heavy (non-hydrogen) atoms. The first-order valence-corrected chi connectivity index (χ1v) is 7.55. The van der Waals surface area contributed by atoms with Gasteiger partial charge in [-0.3, -0.25) is 0 Å². The van der Waals surface area contributed by atoms with Crippen molar-refractivity contribution in [1.82, 2.24) is 0 Å². The second-order valence-corrected chi connectivity index (χ2v) is 6.31. The van der Waals surface area contributed by atoms with E-state index in [-0.39, 0.29) is 16.5 Å². The molecule has 1 nitrogen and oxygen atoms in total. The highest BCUT2D eigenvalue weighted by Gasteiger charge is 2.18. The summed E-state index contributed by atoms with van der Waals surface area (Å²) in [5.41, 5.74) is 1.40. The molecule has 0 heterocycles. The van der Waals surface area contributed by atoms with Crippen LogP contribution in [0.1, 0.15) is 22.8 Å². The molecule has 5 heteroatoms. The van der Waals surface area contributed by atoms with E-state index in [0.717, 1.165) is 10.0 Å². The van der Waals surface area contributed by atoms with Gasteiger partial charge in [-0.1, -0.05) is 22.0 Å². The van der Waals surface area contributed by atoms with Crippen LogP contribution in [0, 0.1) is 18.6 Å². The molecular weight excluding hydrogens is 394 g/mol. The van der Waals surface area contributed by atoms with Crippen LogP contribution in [0.4, 0.5) is 8.78 Å². The SMILES string of the molecule is Cc1ccc(Br)cc1C(O)Cc1c(F)ccc(Br)c1F. The molecule has 2 aromatic carbocycles. The highest BCUT2D eigenvalue weighted by Crippen LogP contribution is 2.29. The lowest BCUT2D eigenvalue weighted by molar-refractivity contribution is 0.175. The molecular formula is C15H12Br2F2O. The standard InChI is InChI=1S/C15H12Br2F2O/c1-8-2-3-9(16)6-10(8)14(20)7-11-13(18)5-4-12(17)15(11)19/h2-6,14,20H,7H2,1H3. The number of hydrogen-bond acceptors (Lipinski definition) is 1. The molecule has 1 unspecified atom stereocenters. The van der Waals surface area contributed by atoms with E-state index < -0.39 is 17.7 Å². The minimum Gasteiger partial charge on any atom is -0.388 e. The quantitative estimate of drug-likeness (QED) is 0.706. The Balaban J connectivity index is 2.35. The number of aliphatic hydroxyl groups excluding tert-OH is 1. The Morgan fingerprint density at radius 3 is 2.55 bits per heavy atom. The largest absolute Gasteiger partial charge is 0.388 e. The van der Waals surface area contributed by atoms with Crippen LogP contribution >= 0.6 is 31.9 Å². The summed E-state index contributed by atoms with van der Waals surface area (Å²) >= 11 is 6.35. The van der Waals surface area contributed by atoms with Gasteiger partial charge in [0.25, 0.3) is 0 Å². The van der Waals surface area contributed by atoms with Crippen LogP contribution in [-0.2, 0) is 6.42 Å². The Morgan fingerprint density at radius 1 is 1.15 bits per heavy atom. The van der Waals surface area contributed by atoms with Crippen LogP contribution in [0.2, 0.25) is 0 Å². The minimum absolute atomic E-state index is 0.117. The molecule has 1 N–H and O–H groups in total. The maximum Gasteiger partial charge on any atom is 0.143 e. The van der Waals surface area contributed by atoms with Crippen LogP contribution in [0.3, 0.4) is 0 Å². The Morgan fingerprint density at radius 2 is 1.85 bits per heavy atom. The molecule has 0 bridgehead atoms. The van der Waals surface area contributed by atoms with Gasteiger partial charge in [0.05, 0.1) is 10.6 Å². The molecule has 0 amide bonds. The lowest BCUT2D eigenvalue weighted by atomic mass is 9.97. The summed E-state index contributed by atoms with van der Waals surface area (Å²) in [5, 5.41) is 10.2. The highest BCUT2D eigenvalue weighted by molar-refractivity contribution is 9.10. The summed E-state index contributed by atoms with van der Waals surface area (Å²) < 4.78 is 28.6. The lowest BCUT2D eigenvalue weighted by Gasteiger charge is -2.15. The molecule has 0 aliphatic rings. The molecule has 2 rings (SSSR count). The third kappa shape index (κ3) is 3.27. The van der Waals surface area contributed by atoms with Crippen LogP contribution < -0.4 is 0 Å². The molecule has 106 valence electrons. The Kier molecular flexibility index (Phi) is 4.94. The number of rotatable bonds is 3. The van der Waals surface area contributed by atoms with Gasteiger partial charge in [0.2, 0.25) is 0 Å². The Bertz CT molecular complexity index is 644. The molecule has 0 aliphatic carbocycles. The molecule has 0 saturated carbocycles. The van der Waals surface area contributed by atoms with Crippen molar-refractivity contribution < 1.29 is 13.9 Å². The summed E-state index contributed by atoms with van der Waals surface area (Å²) in [4.78, 5) is 0. The van der Waals surface area contributed by atoms with E-state index in [2.05, 4.69) is 31.9 Å². The van der Waals surface area contributed by atoms with E-state index in [1.165, 1.54) is 12.1 Å². The second-order valence-electron chi connectivity index (χ2n) is 4.54. The molecule has 0 fully saturated rings. The Hall–Kier alpha value is -0.780. The predicted molar refractivity (Wildman–Crippen MR) is 81.6 cm³/mol. The van der Waals surface area contributed by atoms with E-state index in [4.69, 9.17) is 0 Å². The fraction of sp³-hybridized carbons (Fsp3) is 0.200. The van der Waals surface area contributed by atoms with E-state index >= 15 is 0 Å². The van der Waals surface area contributed by atoms with Gasteiger partial charge >= 0.3 is 0 Å². The topological polar surface area (TPSA) is 20.2 Å². The number of benzene rings is 2. The zero-order chi connectivity index (χ0) is 14.9. The van der Waals surface area contributed by atoms with Crippen molar-refractivity contribution in [2.45, 2.75) is 19.4 Å². The maximum atomic E-state index is 13.9. The molecule has 1 atom stereocenters. The van der Waals surface area contributed by atoms with Crippen molar-refractivity contribution in [3.05, 3.63) is 67.6 Å². The van der Waals surface area contributed by atoms with Crippen molar-refractivity contribution in [2.24, 2.45) is 0 Å². The highest BCUT2D eigenvalue weighted by atomic mass is 79.9. The van der Waals surface area contributed by atoms with Gasteiger partial charge in [0, 0.05) is 16.5 Å². The van der Waals surface area contributed by atoms with E-state index in [1.807, 2.05) is 19.1 Å². The van der Waals surface area contributed by atoms with E-state index in [0.29, 0.717) is 5.56 Å². The second kappa shape index (κ2) is 6.33. The molecule has 0 aliphatic heterocycles. The zero-order valence-corrected chi connectivity index (χ0v) is 13.8. The van der Waals surface area contributed by atoms with Gasteiger partial charge in [-0.05, 0) is 58.2 Å². The molecule has 0 spiro atoms. The van der Waals surface area contributed by atoms with Crippen molar-refractivity contribution in [3.8, 4) is 0 Å². The van der Waals surface area contributed by atoms with Gasteiger partial charge in [-0.2, -0.15) is 0 Å². The average molecular weight is 406 g/mol. The van der Waals surface area contributed by atoms with Gasteiger partial charge in [-0.15, -0.1) is 0 Å². The number of aliphatic hydroxyl groups is 1. The van der Waals surface area contributed by atoms with Gasteiger partial charge < -0.3 is 5.11 Å². The minimum atomic E-state index is -0.967. The zero-order valence-electron chi connectivity index (χ0n) is 10.6. The maximum absolute atomic E-state index is 13.9. The predicted octanol–water partition coefficient (Wildman–Crippen LogP) is 5.07. The van der Waals surface area contributed by atoms with Crippen LogP contribution in [-0.4, -0.2) is 5.11 Å². The molecule has 0 radical (unpaired) electrons. The lowest BCUT2D eigenvalue weighted by Crippen LogP contribution is -2.07. The van der Waals surface area contributed by atoms with Gasteiger partial charge in [0.15, 0.2) is 0 Å². The molecule has 0 aromatic heterocycles. The first-order chi connectivity index (χ1) is 9.40. The third-order valence-corrected chi connectivity index (χ3v) is 4.24. The van der Waals surface area contributed by atoms with Crippen molar-refractivity contribution in [1.29, 1.82) is 0 Å². The average Bonchev–Trinajstić information content (AvgIpc) is 2.41. The monoisotopic (exact) mass is 404 g/mol. The van der Waals surface area contributed by atoms with Crippen LogP contribution in [0.15, 0.2) is 39.3 Å². The van der Waals surface area contributed by atoms with E-state index in [1.54, 1.807) is 6.07 Å². The van der Waals surface area contributed by atoms with Gasteiger partial charge in [-0.25, -0.2) is 8.78 Å². The fourth-order valence-electron chi connectivity index (χ4n) is 2.03. The number of hydrogen-bond donors (Lipinski definition) is 1. The van der Waals surface area contributed by atoms with Crippen molar-refractivity contribution in [3.63, 3.8) is 0 Å². The number of aryl methyl sites for hydroxylation is 1. The summed E-state index contributed by atoms with van der Waals surface area (Å²) in [7, 11) is 0. The first kappa shape index (κ1) is 15.6. The molecule has 2 aromatic rings. The molecule has 0 saturated heterocycles. The van der Waals surface area contributed by atoms with Crippen LogP contribution in [0.25, 0.3) is 0 Å². The summed E-state index contributed by atoms with van der Waals surface area (Å²) in [5.74, 6) is -1.32. The van der Waals surface area contributed by atoms with Crippen molar-refractivity contribution in [2.75, 3.05) is 0 Å². The third-order valence-electron chi connectivity index (χ3n) is 3.14.